The molecular formula is C15H20N2O3. The maximum Gasteiger partial charge on any atom is 0.410 e. The average Bonchev–Trinajstić information content (AvgIpc) is 2.47. The van der Waals surface area contributed by atoms with Crippen LogP contribution in [0.15, 0.2) is 30.3 Å². The van der Waals surface area contributed by atoms with E-state index in [0.717, 1.165) is 12.0 Å². The molecule has 0 radical (unpaired) electrons. The second-order valence-corrected chi connectivity index (χ2v) is 4.76. The number of benzene rings is 1. The summed E-state index contributed by atoms with van der Waals surface area (Å²) in [5.74, 6) is -0.129. The molecule has 2 amide bonds. The fourth-order valence-electron chi connectivity index (χ4n) is 2.33. The number of cyclic esters (lactones) is 1. The van der Waals surface area contributed by atoms with Crippen LogP contribution in [0, 0.1) is 0 Å². The van der Waals surface area contributed by atoms with E-state index in [1.807, 2.05) is 37.3 Å². The summed E-state index contributed by atoms with van der Waals surface area (Å²) in [6, 6.07) is 9.20. The minimum absolute atomic E-state index is 0.129. The molecule has 2 rings (SSSR count). The van der Waals surface area contributed by atoms with E-state index in [4.69, 9.17) is 4.74 Å². The molecule has 1 fully saturated rings. The van der Waals surface area contributed by atoms with Crippen LogP contribution in [0.2, 0.25) is 0 Å². The highest BCUT2D eigenvalue weighted by Crippen LogP contribution is 2.14. The van der Waals surface area contributed by atoms with Crippen LogP contribution >= 0.6 is 0 Å². The van der Waals surface area contributed by atoms with Gasteiger partial charge < -0.3 is 10.1 Å². The van der Waals surface area contributed by atoms with Crippen molar-refractivity contribution in [2.45, 2.75) is 25.8 Å². The number of carbonyl (C=O) groups is 2. The molecule has 1 aliphatic rings. The molecule has 20 heavy (non-hydrogen) atoms. The first-order chi connectivity index (χ1) is 9.72. The van der Waals surface area contributed by atoms with E-state index in [2.05, 4.69) is 5.32 Å². The van der Waals surface area contributed by atoms with Crippen molar-refractivity contribution in [2.75, 3.05) is 19.7 Å². The largest absolute Gasteiger partial charge is 0.449 e. The second-order valence-electron chi connectivity index (χ2n) is 4.76. The van der Waals surface area contributed by atoms with Gasteiger partial charge in [0.05, 0.1) is 6.61 Å². The quantitative estimate of drug-likeness (QED) is 0.888. The Kier molecular flexibility index (Phi) is 4.98. The number of likely N-dealkylation sites (N-methyl/N-ethyl adjacent to an activating group) is 1. The van der Waals surface area contributed by atoms with Crippen molar-refractivity contribution in [3.63, 3.8) is 0 Å². The molecular weight excluding hydrogens is 256 g/mol. The monoisotopic (exact) mass is 276 g/mol. The number of hydrogen-bond donors (Lipinski definition) is 1. The smallest absolute Gasteiger partial charge is 0.410 e. The van der Waals surface area contributed by atoms with Crippen LogP contribution < -0.4 is 5.32 Å². The maximum atomic E-state index is 12.2. The molecule has 1 N–H and O–H groups in total. The fraction of sp³-hybridized carbons (Fsp3) is 0.467. The Hall–Kier alpha value is -2.04. The summed E-state index contributed by atoms with van der Waals surface area (Å²) in [7, 11) is 0. The third kappa shape index (κ3) is 3.50. The highest BCUT2D eigenvalue weighted by molar-refractivity contribution is 5.86. The van der Waals surface area contributed by atoms with E-state index < -0.39 is 12.1 Å². The first-order valence-corrected chi connectivity index (χ1v) is 6.97. The van der Waals surface area contributed by atoms with Crippen molar-refractivity contribution >= 4 is 12.0 Å². The highest BCUT2D eigenvalue weighted by Gasteiger charge is 2.32. The van der Waals surface area contributed by atoms with E-state index in [0.29, 0.717) is 26.1 Å². The van der Waals surface area contributed by atoms with Crippen molar-refractivity contribution in [3.05, 3.63) is 35.9 Å². The van der Waals surface area contributed by atoms with Crippen molar-refractivity contribution < 1.29 is 14.3 Å². The van der Waals surface area contributed by atoms with Crippen molar-refractivity contribution in [1.82, 2.24) is 10.2 Å². The van der Waals surface area contributed by atoms with E-state index in [-0.39, 0.29) is 5.91 Å². The topological polar surface area (TPSA) is 58.6 Å². The first-order valence-electron chi connectivity index (χ1n) is 6.97. The SMILES string of the molecule is CCNC(=O)[C@H](Cc1ccccc1)N1CCCOC1=O. The lowest BCUT2D eigenvalue weighted by Gasteiger charge is -2.33. The third-order valence-corrected chi connectivity index (χ3v) is 3.31. The van der Waals surface area contributed by atoms with Gasteiger partial charge in [-0.3, -0.25) is 9.69 Å². The molecule has 108 valence electrons. The lowest BCUT2D eigenvalue weighted by molar-refractivity contribution is -0.126. The van der Waals surface area contributed by atoms with Crippen LogP contribution in [0.4, 0.5) is 4.79 Å². The van der Waals surface area contributed by atoms with Gasteiger partial charge in [0, 0.05) is 19.5 Å². The van der Waals surface area contributed by atoms with Gasteiger partial charge >= 0.3 is 6.09 Å². The summed E-state index contributed by atoms with van der Waals surface area (Å²) in [6.07, 6.45) is 0.863. The summed E-state index contributed by atoms with van der Waals surface area (Å²) in [6.45, 7) is 3.41. The third-order valence-electron chi connectivity index (χ3n) is 3.31. The number of carbonyl (C=O) groups excluding carboxylic acids is 2. The van der Waals surface area contributed by atoms with Crippen LogP contribution in [0.3, 0.4) is 0 Å². The Balaban J connectivity index is 2.15. The molecule has 5 nitrogen and oxygen atoms in total. The molecule has 1 aromatic rings. The molecule has 0 bridgehead atoms. The fourth-order valence-corrected chi connectivity index (χ4v) is 2.33. The van der Waals surface area contributed by atoms with Gasteiger partial charge in [-0.05, 0) is 18.9 Å². The van der Waals surface area contributed by atoms with Crippen molar-refractivity contribution in [1.29, 1.82) is 0 Å². The maximum absolute atomic E-state index is 12.2. The van der Waals surface area contributed by atoms with E-state index >= 15 is 0 Å². The molecule has 0 aromatic heterocycles. The molecule has 0 spiro atoms. The average molecular weight is 276 g/mol. The Morgan fingerprint density at radius 3 is 2.80 bits per heavy atom. The first kappa shape index (κ1) is 14.4. The Bertz CT molecular complexity index is 461. The highest BCUT2D eigenvalue weighted by atomic mass is 16.6. The van der Waals surface area contributed by atoms with Gasteiger partial charge in [0.15, 0.2) is 0 Å². The molecule has 0 unspecified atom stereocenters. The van der Waals surface area contributed by atoms with E-state index in [1.165, 1.54) is 4.90 Å². The molecule has 1 aromatic carbocycles. The zero-order valence-electron chi connectivity index (χ0n) is 11.7. The number of hydrogen-bond acceptors (Lipinski definition) is 3. The van der Waals surface area contributed by atoms with Gasteiger partial charge in [-0.1, -0.05) is 30.3 Å². The Labute approximate surface area is 118 Å². The summed E-state index contributed by atoms with van der Waals surface area (Å²) in [4.78, 5) is 25.6. The zero-order valence-corrected chi connectivity index (χ0v) is 11.7. The molecule has 1 atom stereocenters. The van der Waals surface area contributed by atoms with E-state index in [1.54, 1.807) is 0 Å². The lowest BCUT2D eigenvalue weighted by atomic mass is 10.0. The molecule has 5 heteroatoms. The van der Waals surface area contributed by atoms with Crippen LogP contribution in [0.1, 0.15) is 18.9 Å². The number of nitrogens with one attached hydrogen (secondary N) is 1. The van der Waals surface area contributed by atoms with Gasteiger partial charge in [-0.15, -0.1) is 0 Å². The standard InChI is InChI=1S/C15H20N2O3/c1-2-16-14(18)13(11-12-7-4-3-5-8-12)17-9-6-10-20-15(17)19/h3-5,7-8,13H,2,6,9-11H2,1H3,(H,16,18)/t13-/m0/s1. The van der Waals surface area contributed by atoms with Gasteiger partial charge in [0.25, 0.3) is 0 Å². The lowest BCUT2D eigenvalue weighted by Crippen LogP contribution is -2.53. The summed E-state index contributed by atoms with van der Waals surface area (Å²) in [5.41, 5.74) is 1.03. The zero-order chi connectivity index (χ0) is 14.4. The normalized spacial score (nSPS) is 16.4. The minimum atomic E-state index is -0.509. The molecule has 0 saturated carbocycles. The predicted molar refractivity (Wildman–Crippen MR) is 75.3 cm³/mol. The molecule has 1 aliphatic heterocycles. The molecule has 1 saturated heterocycles. The van der Waals surface area contributed by atoms with Gasteiger partial charge in [-0.2, -0.15) is 0 Å². The Morgan fingerprint density at radius 1 is 1.40 bits per heavy atom. The number of rotatable bonds is 5. The number of nitrogens with zero attached hydrogens (tertiary/aromatic N) is 1. The summed E-state index contributed by atoms with van der Waals surface area (Å²) < 4.78 is 5.04. The van der Waals surface area contributed by atoms with Gasteiger partial charge in [0.1, 0.15) is 6.04 Å². The van der Waals surface area contributed by atoms with E-state index in [9.17, 15) is 9.59 Å². The summed E-state index contributed by atoms with van der Waals surface area (Å²) in [5, 5.41) is 2.80. The second kappa shape index (κ2) is 6.93. The molecule has 1 heterocycles. The van der Waals surface area contributed by atoms with Gasteiger partial charge in [0.2, 0.25) is 5.91 Å². The summed E-state index contributed by atoms with van der Waals surface area (Å²) >= 11 is 0. The molecule has 0 aliphatic carbocycles. The minimum Gasteiger partial charge on any atom is -0.449 e. The number of amides is 2. The number of ether oxygens (including phenoxy) is 1. The van der Waals surface area contributed by atoms with Crippen LogP contribution in [-0.2, 0) is 16.0 Å². The Morgan fingerprint density at radius 2 is 2.15 bits per heavy atom. The van der Waals surface area contributed by atoms with Crippen LogP contribution in [-0.4, -0.2) is 42.6 Å². The van der Waals surface area contributed by atoms with Crippen LogP contribution in [0.25, 0.3) is 0 Å². The van der Waals surface area contributed by atoms with Gasteiger partial charge in [-0.25, -0.2) is 4.79 Å². The predicted octanol–water partition coefficient (Wildman–Crippen LogP) is 1.58. The van der Waals surface area contributed by atoms with Crippen molar-refractivity contribution in [3.8, 4) is 0 Å². The van der Waals surface area contributed by atoms with Crippen molar-refractivity contribution in [2.24, 2.45) is 0 Å². The van der Waals surface area contributed by atoms with Crippen LogP contribution in [0.5, 0.6) is 0 Å².